The molecule has 1 aliphatic rings. The van der Waals surface area contributed by atoms with Crippen molar-refractivity contribution < 1.29 is 39.8 Å². The van der Waals surface area contributed by atoms with E-state index in [-0.39, 0.29) is 12.5 Å². The summed E-state index contributed by atoms with van der Waals surface area (Å²) in [7, 11) is 0. The lowest BCUT2D eigenvalue weighted by atomic mass is 9.99. The van der Waals surface area contributed by atoms with Gasteiger partial charge in [0.2, 0.25) is 5.91 Å². The summed E-state index contributed by atoms with van der Waals surface area (Å²) in [6.07, 6.45) is 76.3. The molecule has 1 rings (SSSR count). The molecule has 1 aliphatic heterocycles. The van der Waals surface area contributed by atoms with Gasteiger partial charge in [0.15, 0.2) is 6.29 Å². The fourth-order valence-corrected chi connectivity index (χ4v) is 13.0. The minimum Gasteiger partial charge on any atom is -0.394 e. The largest absolute Gasteiger partial charge is 0.394 e. The lowest BCUT2D eigenvalue weighted by Gasteiger charge is -2.40. The Hall–Kier alpha value is -0.810. The molecule has 0 aromatic heterocycles. The summed E-state index contributed by atoms with van der Waals surface area (Å²) in [6, 6.07) is -0.716. The molecule has 1 fully saturated rings. The number of aliphatic hydroxyl groups excluding tert-OH is 5. The number of ether oxygens (including phenoxy) is 2. The lowest BCUT2D eigenvalue weighted by molar-refractivity contribution is -0.302. The van der Waals surface area contributed by atoms with Gasteiger partial charge < -0.3 is 40.3 Å². The zero-order valence-electron chi connectivity index (χ0n) is 56.5. The van der Waals surface area contributed by atoms with Crippen LogP contribution in [0.1, 0.15) is 418 Å². The van der Waals surface area contributed by atoms with Crippen LogP contribution < -0.4 is 5.32 Å². The lowest BCUT2D eigenvalue weighted by Crippen LogP contribution is -2.60. The SMILES string of the molecule is CCCCCCCCCCCCCCCCCCCCCCCCCCCCCCCCCCCC(O)C(COC1OC(CO)C(O)C(O)C1O)NC(=O)CCCCCCCCCCCCCCCCCCCCCCCCCCCCCC. The van der Waals surface area contributed by atoms with E-state index in [0.29, 0.717) is 12.8 Å². The van der Waals surface area contributed by atoms with E-state index in [1.807, 2.05) is 0 Å². The minimum atomic E-state index is -1.55. The number of hydrogen-bond acceptors (Lipinski definition) is 8. The zero-order valence-corrected chi connectivity index (χ0v) is 56.5. The second kappa shape index (κ2) is 65.2. The smallest absolute Gasteiger partial charge is 0.220 e. The number of aliphatic hydroxyl groups is 5. The van der Waals surface area contributed by atoms with E-state index in [1.165, 1.54) is 353 Å². The van der Waals surface area contributed by atoms with E-state index < -0.39 is 49.5 Å². The van der Waals surface area contributed by atoms with Crippen molar-refractivity contribution in [1.82, 2.24) is 5.32 Å². The van der Waals surface area contributed by atoms with Crippen LogP contribution in [0.4, 0.5) is 0 Å². The molecule has 7 atom stereocenters. The number of carbonyl (C=O) groups excluding carboxylic acids is 1. The monoisotopic (exact) mass is 1190 g/mol. The average molecular weight is 1190 g/mol. The van der Waals surface area contributed by atoms with Crippen molar-refractivity contribution in [2.24, 2.45) is 0 Å². The van der Waals surface area contributed by atoms with E-state index in [1.54, 1.807) is 0 Å². The van der Waals surface area contributed by atoms with Gasteiger partial charge in [-0.15, -0.1) is 0 Å². The summed E-state index contributed by atoms with van der Waals surface area (Å²) >= 11 is 0. The molecule has 502 valence electrons. The van der Waals surface area contributed by atoms with Crippen LogP contribution in [0.3, 0.4) is 0 Å². The Balaban J connectivity index is 2.06. The normalized spacial score (nSPS) is 18.0. The molecule has 7 unspecified atom stereocenters. The number of unbranched alkanes of at least 4 members (excludes halogenated alkanes) is 59. The molecule has 6 N–H and O–H groups in total. The molecular formula is C75H149NO8. The van der Waals surface area contributed by atoms with Gasteiger partial charge in [-0.05, 0) is 12.8 Å². The molecule has 1 saturated heterocycles. The van der Waals surface area contributed by atoms with Crippen molar-refractivity contribution in [3.8, 4) is 0 Å². The number of carbonyl (C=O) groups is 1. The molecule has 0 aliphatic carbocycles. The van der Waals surface area contributed by atoms with Crippen molar-refractivity contribution in [1.29, 1.82) is 0 Å². The summed E-state index contributed by atoms with van der Waals surface area (Å²) in [6.45, 7) is 3.92. The van der Waals surface area contributed by atoms with E-state index in [4.69, 9.17) is 9.47 Å². The van der Waals surface area contributed by atoms with Gasteiger partial charge in [-0.2, -0.15) is 0 Å². The Kier molecular flexibility index (Phi) is 63.0. The Bertz CT molecular complexity index is 1290. The van der Waals surface area contributed by atoms with E-state index in [9.17, 15) is 30.3 Å². The molecule has 1 amide bonds. The van der Waals surface area contributed by atoms with Crippen LogP contribution in [0.5, 0.6) is 0 Å². The van der Waals surface area contributed by atoms with Crippen molar-refractivity contribution in [2.75, 3.05) is 13.2 Å². The van der Waals surface area contributed by atoms with Crippen LogP contribution in [0.15, 0.2) is 0 Å². The molecule has 0 aromatic carbocycles. The Morgan fingerprint density at radius 3 is 0.845 bits per heavy atom. The van der Waals surface area contributed by atoms with Gasteiger partial charge in [0.05, 0.1) is 25.4 Å². The Labute approximate surface area is 523 Å². The van der Waals surface area contributed by atoms with Crippen molar-refractivity contribution >= 4 is 5.91 Å². The van der Waals surface area contributed by atoms with E-state index in [2.05, 4.69) is 19.2 Å². The number of hydrogen-bond donors (Lipinski definition) is 6. The number of amides is 1. The summed E-state index contributed by atoms with van der Waals surface area (Å²) in [5, 5.41) is 55.0. The van der Waals surface area contributed by atoms with Crippen molar-refractivity contribution in [2.45, 2.75) is 461 Å². The third-order valence-electron chi connectivity index (χ3n) is 19.0. The molecule has 0 bridgehead atoms. The predicted molar refractivity (Wildman–Crippen MR) is 360 cm³/mol. The fraction of sp³-hybridized carbons (Fsp3) is 0.987. The van der Waals surface area contributed by atoms with Gasteiger partial charge >= 0.3 is 0 Å². The first-order valence-corrected chi connectivity index (χ1v) is 38.2. The second-order valence-electron chi connectivity index (χ2n) is 27.2. The summed E-state index contributed by atoms with van der Waals surface area (Å²) in [4.78, 5) is 13.2. The fourth-order valence-electron chi connectivity index (χ4n) is 13.0. The standard InChI is InChI=1S/C75H149NO8/c1-3-5-7-9-11-13-15-17-19-21-23-25-27-29-31-33-34-35-36-37-38-40-42-44-46-48-50-52-54-56-58-60-62-64-69(78)68(67-83-75-74(82)73(81)72(80)70(66-77)84-75)76-71(79)65-63-61-59-57-55-53-51-49-47-45-43-41-39-32-30-28-26-24-22-20-18-16-14-12-10-8-6-4-2/h68-70,72-75,77-78,80-82H,3-67H2,1-2H3,(H,76,79). The molecule has 0 spiro atoms. The third-order valence-corrected chi connectivity index (χ3v) is 19.0. The van der Waals surface area contributed by atoms with Crippen molar-refractivity contribution in [3.05, 3.63) is 0 Å². The topological polar surface area (TPSA) is 149 Å². The summed E-state index contributed by atoms with van der Waals surface area (Å²) in [5.74, 6) is -0.132. The number of nitrogens with one attached hydrogen (secondary N) is 1. The van der Waals surface area contributed by atoms with E-state index in [0.717, 1.165) is 38.5 Å². The quantitative estimate of drug-likeness (QED) is 0.0330. The van der Waals surface area contributed by atoms with Crippen LogP contribution in [-0.4, -0.2) is 87.5 Å². The second-order valence-corrected chi connectivity index (χ2v) is 27.2. The molecule has 9 nitrogen and oxygen atoms in total. The summed E-state index contributed by atoms with van der Waals surface area (Å²) in [5.41, 5.74) is 0. The first-order chi connectivity index (χ1) is 41.3. The highest BCUT2D eigenvalue weighted by Gasteiger charge is 2.44. The Morgan fingerprint density at radius 2 is 0.595 bits per heavy atom. The first kappa shape index (κ1) is 81.2. The van der Waals surface area contributed by atoms with Gasteiger partial charge in [0, 0.05) is 6.42 Å². The molecule has 1 heterocycles. The maximum atomic E-state index is 13.2. The molecule has 0 radical (unpaired) electrons. The molecule has 0 saturated carbocycles. The van der Waals surface area contributed by atoms with E-state index >= 15 is 0 Å². The van der Waals surface area contributed by atoms with Gasteiger partial charge in [0.1, 0.15) is 24.4 Å². The zero-order chi connectivity index (χ0) is 60.7. The first-order valence-electron chi connectivity index (χ1n) is 38.2. The Morgan fingerprint density at radius 1 is 0.357 bits per heavy atom. The maximum absolute atomic E-state index is 13.2. The molecule has 9 heteroatoms. The van der Waals surface area contributed by atoms with Gasteiger partial charge in [-0.1, -0.05) is 399 Å². The van der Waals surface area contributed by atoms with Gasteiger partial charge in [-0.25, -0.2) is 0 Å². The highest BCUT2D eigenvalue weighted by molar-refractivity contribution is 5.76. The van der Waals surface area contributed by atoms with Crippen LogP contribution >= 0.6 is 0 Å². The van der Waals surface area contributed by atoms with Gasteiger partial charge in [-0.3, -0.25) is 4.79 Å². The molecule has 84 heavy (non-hydrogen) atoms. The summed E-state index contributed by atoms with van der Waals surface area (Å²) < 4.78 is 11.4. The number of rotatable bonds is 69. The van der Waals surface area contributed by atoms with Gasteiger partial charge in [0.25, 0.3) is 0 Å². The minimum absolute atomic E-state index is 0.130. The highest BCUT2D eigenvalue weighted by atomic mass is 16.7. The molecule has 0 aromatic rings. The third kappa shape index (κ3) is 53.1. The average Bonchev–Trinajstić information content (AvgIpc) is 3.70. The van der Waals surface area contributed by atoms with Crippen LogP contribution in [0.2, 0.25) is 0 Å². The molecular weight excluding hydrogens is 1040 g/mol. The predicted octanol–water partition coefficient (Wildman–Crippen LogP) is 21.3. The van der Waals surface area contributed by atoms with Crippen LogP contribution in [0, 0.1) is 0 Å². The van der Waals surface area contributed by atoms with Crippen LogP contribution in [0.25, 0.3) is 0 Å². The highest BCUT2D eigenvalue weighted by Crippen LogP contribution is 2.24. The maximum Gasteiger partial charge on any atom is 0.220 e. The van der Waals surface area contributed by atoms with Crippen LogP contribution in [-0.2, 0) is 14.3 Å². The van der Waals surface area contributed by atoms with Crippen molar-refractivity contribution in [3.63, 3.8) is 0 Å².